The van der Waals surface area contributed by atoms with Crippen molar-refractivity contribution in [3.05, 3.63) is 59.5 Å². The van der Waals surface area contributed by atoms with Crippen LogP contribution in [-0.4, -0.2) is 331 Å². The zero-order valence-corrected chi connectivity index (χ0v) is 36.5. The van der Waals surface area contributed by atoms with E-state index in [9.17, 15) is 0 Å². The zero-order valence-electron chi connectivity index (χ0n) is 36.5. The molecule has 1 aromatic heterocycles. The van der Waals surface area contributed by atoms with Crippen molar-refractivity contribution in [3.8, 4) is 0 Å². The van der Waals surface area contributed by atoms with Crippen LogP contribution in [0.4, 0.5) is 0 Å². The first-order chi connectivity index (χ1) is 28.8. The van der Waals surface area contributed by atoms with E-state index in [1.807, 2.05) is 12.1 Å². The Kier molecular flexibility index (Phi) is 29.8. The predicted octanol–water partition coefficient (Wildman–Crippen LogP) is -13.5. The molecule has 0 atom stereocenters. The molecule has 2 rings (SSSR count). The number of benzene rings is 1. The van der Waals surface area contributed by atoms with Crippen LogP contribution in [0.5, 0.6) is 0 Å². The van der Waals surface area contributed by atoms with Crippen molar-refractivity contribution in [1.82, 2.24) is 4.90 Å². The molecular formula is C15H19B45NO. The summed E-state index contributed by atoms with van der Waals surface area (Å²) in [5.41, 5.74) is 2.66. The molecule has 47 heteroatoms. The van der Waals surface area contributed by atoms with Crippen LogP contribution in [0.2, 0.25) is 0 Å². The first kappa shape index (κ1) is 61.4. The van der Waals surface area contributed by atoms with Gasteiger partial charge in [-0.25, -0.2) is 0 Å². The van der Waals surface area contributed by atoms with Crippen LogP contribution in [-0.2, 0) is 13.1 Å². The number of hydrogen-bond acceptors (Lipinski definition) is 2. The number of hydrogen-bond donors (Lipinski definition) is 0. The fourth-order valence-electron chi connectivity index (χ4n) is 9.30. The molecule has 0 aliphatic heterocycles. The van der Waals surface area contributed by atoms with Crippen LogP contribution in [0, 0.1) is 6.92 Å². The highest BCUT2D eigenvalue weighted by Gasteiger charge is 2.58. The molecular weight excluding hydrogens is 697 g/mol. The molecule has 0 aliphatic rings. The molecule has 1 aromatic carbocycles. The van der Waals surface area contributed by atoms with Crippen LogP contribution in [0.3, 0.4) is 0 Å². The van der Waals surface area contributed by atoms with E-state index in [0.29, 0.717) is 0 Å². The number of furan rings is 1. The molecule has 2 nitrogen and oxygen atoms in total. The highest BCUT2D eigenvalue weighted by Crippen LogP contribution is 2.21. The third-order valence-corrected chi connectivity index (χ3v) is 12.0. The summed E-state index contributed by atoms with van der Waals surface area (Å²) in [4.78, 5) is 2.36. The first-order valence-electron chi connectivity index (χ1n) is 20.7. The molecule has 0 fully saturated rings. The number of nitrogens with zero attached hydrogens (tertiary/aromatic N) is 1. The summed E-state index contributed by atoms with van der Waals surface area (Å²) in [6.45, 7) is 7.16. The van der Waals surface area contributed by atoms with Gasteiger partial charge in [0.1, 0.15) is 5.76 Å². The molecule has 0 saturated carbocycles. The quantitative estimate of drug-likeness (QED) is 0.0902. The second-order valence-electron chi connectivity index (χ2n) is 16.7. The Morgan fingerprint density at radius 3 is 1.02 bits per heavy atom. The number of aryl methyl sites for hydroxylation is 1. The lowest BCUT2D eigenvalue weighted by Crippen LogP contribution is -2.94. The van der Waals surface area contributed by atoms with Crippen LogP contribution < -0.4 is 0 Å². The van der Waals surface area contributed by atoms with E-state index in [1.165, 1.54) is 18.2 Å². The summed E-state index contributed by atoms with van der Waals surface area (Å²) < 4.78 is 5.38. The summed E-state index contributed by atoms with van der Waals surface area (Å²) in [7, 11) is 147. The minimum Gasteiger partial charge on any atom is -0.468 e. The second-order valence-corrected chi connectivity index (χ2v) is 16.7. The summed E-state index contributed by atoms with van der Waals surface area (Å²) in [6.07, 6.45) is -23.2. The standard InChI is InChI=1S/C15H19NO.B45/c1-3-16(12-15-5-4-10-17-15)11-14-8-6-13(2)7-9-14;1-24-36(25(2)3)42(37(26(4)5)27(6)7)45(43(38(28(8)9)29(10)11)39(30(12)13)31(14)15)44(40(32(16)17)33(18)19)41(34(20)21)35(22)23/h4-10H,3,11-12H2,1-2H3;. The highest BCUT2D eigenvalue weighted by atomic mass is 16.3. The Hall–Kier alpha value is 1.38. The maximum absolute atomic E-state index is 6.35. The molecule has 0 N–H and O–H groups in total. The van der Waals surface area contributed by atoms with E-state index in [1.54, 1.807) is 6.26 Å². The molecule has 2 aromatic rings. The van der Waals surface area contributed by atoms with Crippen molar-refractivity contribution in [2.45, 2.75) is 26.9 Å². The summed E-state index contributed by atoms with van der Waals surface area (Å²) in [6, 6.07) is 12.7. The number of rotatable bonds is 26. The van der Waals surface area contributed by atoms with Gasteiger partial charge in [-0.15, -0.1) is 0 Å². The largest absolute Gasteiger partial charge is 0.468 e. The second kappa shape index (κ2) is 30.1. The van der Waals surface area contributed by atoms with E-state index in [0.717, 1.165) is 25.4 Å². The Balaban J connectivity index is 0.000000926. The van der Waals surface area contributed by atoms with Crippen LogP contribution in [0.25, 0.3) is 0 Å². The molecule has 0 aliphatic carbocycles. The lowest BCUT2D eigenvalue weighted by atomic mass is 8.26. The Bertz CT molecular complexity index is 1320. The fraction of sp³-hybridized carbons (Fsp3) is 0.333. The van der Waals surface area contributed by atoms with E-state index in [-0.39, 0.29) is 0 Å². The minimum absolute atomic E-state index is 0.872. The van der Waals surface area contributed by atoms with Gasteiger partial charge in [0.15, 0.2) is 0 Å². The molecule has 0 amide bonds. The van der Waals surface area contributed by atoms with Gasteiger partial charge >= 0.3 is 0 Å². The van der Waals surface area contributed by atoms with Gasteiger partial charge < -0.3 is 4.42 Å². The van der Waals surface area contributed by atoms with Crippen molar-refractivity contribution < 1.29 is 4.42 Å². The molecule has 0 saturated heterocycles. The van der Waals surface area contributed by atoms with Crippen molar-refractivity contribution in [2.24, 2.45) is 0 Å². The zero-order chi connectivity index (χ0) is 47.9. The van der Waals surface area contributed by atoms with Gasteiger partial charge in [-0.05, 0) is 31.2 Å². The first-order valence-corrected chi connectivity index (χ1v) is 20.7. The predicted molar refractivity (Wildman–Crippen MR) is 329 cm³/mol. The monoisotopic (exact) mass is 725 g/mol. The fourth-order valence-corrected chi connectivity index (χ4v) is 9.30. The molecule has 47 radical (unpaired) electrons. The van der Waals surface area contributed by atoms with Gasteiger partial charge in [-0.2, -0.15) is 0 Å². The lowest BCUT2D eigenvalue weighted by molar-refractivity contribution is 0.248. The van der Waals surface area contributed by atoms with E-state index < -0.39 is 134 Å². The topological polar surface area (TPSA) is 16.4 Å². The molecule has 0 spiro atoms. The van der Waals surface area contributed by atoms with Crippen molar-refractivity contribution in [3.63, 3.8) is 0 Å². The summed E-state index contributed by atoms with van der Waals surface area (Å²) in [5.74, 6) is 1.03. The van der Waals surface area contributed by atoms with E-state index in [4.69, 9.17) is 182 Å². The molecule has 1 heterocycles. The summed E-state index contributed by atoms with van der Waals surface area (Å²) in [5, 5.41) is 0. The van der Waals surface area contributed by atoms with Crippen molar-refractivity contribution >= 4 is 319 Å². The Morgan fingerprint density at radius 2 is 0.758 bits per heavy atom. The van der Waals surface area contributed by atoms with Crippen LogP contribution in [0.15, 0.2) is 47.1 Å². The van der Waals surface area contributed by atoms with Crippen LogP contribution in [0.1, 0.15) is 23.8 Å². The molecule has 0 unspecified atom stereocenters. The van der Waals surface area contributed by atoms with Gasteiger partial charge in [0.2, 0.25) is 0 Å². The summed E-state index contributed by atoms with van der Waals surface area (Å²) >= 11 is 0. The average Bonchev–Trinajstić information content (AvgIpc) is 3.64. The SMILES string of the molecule is CCN(Cc1ccc(C)cc1)Cc1ccco1.[B][B]B(B([B])[B])B(B(B([B])[B])B([B])[B])B(B(B(B([B])[B])B([B])[B])B(B([B])[B])B([B])[B])B(B(B([B])[B])B([B])[B])B(B([B])[B])B([B])[B]. The van der Waals surface area contributed by atoms with Gasteiger partial charge in [0, 0.05) is 326 Å². The van der Waals surface area contributed by atoms with Crippen LogP contribution >= 0.6 is 0 Å². The molecule has 225 valence electrons. The molecule has 62 heavy (non-hydrogen) atoms. The molecule has 0 bridgehead atoms. The smallest absolute Gasteiger partial charge is 0.117 e. The van der Waals surface area contributed by atoms with Crippen molar-refractivity contribution in [2.75, 3.05) is 6.54 Å². The van der Waals surface area contributed by atoms with Gasteiger partial charge in [0.05, 0.1) is 12.8 Å². The third kappa shape index (κ3) is 18.4. The average molecular weight is 716 g/mol. The lowest BCUT2D eigenvalue weighted by Gasteiger charge is -2.56. The maximum atomic E-state index is 6.35. The van der Waals surface area contributed by atoms with Gasteiger partial charge in [-0.1, -0.05) is 36.8 Å². The third-order valence-electron chi connectivity index (χ3n) is 12.0. The van der Waals surface area contributed by atoms with E-state index >= 15 is 0 Å². The Morgan fingerprint density at radius 1 is 0.435 bits per heavy atom. The highest BCUT2D eigenvalue weighted by molar-refractivity contribution is 8.34. The maximum Gasteiger partial charge on any atom is 0.117 e. The normalized spacial score (nSPS) is 9.98. The van der Waals surface area contributed by atoms with Gasteiger partial charge in [-0.3, -0.25) is 4.90 Å². The van der Waals surface area contributed by atoms with Gasteiger partial charge in [0.25, 0.3) is 0 Å². The Labute approximate surface area is 418 Å². The minimum atomic E-state index is -1.27. The van der Waals surface area contributed by atoms with E-state index in [2.05, 4.69) is 43.0 Å². The van der Waals surface area contributed by atoms with Crippen molar-refractivity contribution in [1.29, 1.82) is 0 Å².